The summed E-state index contributed by atoms with van der Waals surface area (Å²) in [6.45, 7) is 7.65. The molecule has 1 N–H and O–H groups in total. The second-order valence-corrected chi connectivity index (χ2v) is 9.94. The number of fused-ring (bicyclic) bond motifs is 1. The van der Waals surface area contributed by atoms with Crippen molar-refractivity contribution in [3.05, 3.63) is 75.7 Å². The Balaban J connectivity index is 1.53. The standard InChI is InChI=1S/C26H26Cl2N4OS/c1-15(2)10-18-12-17(4-5-19(18)26(33)34)23-13-24(31-14-30-23)29-8-9-32-16(3)11-20-21(27)6-7-22(28)25(20)32/h4-7,11-15H,8-10H2,1-3H3,(H,33,34)(H,29,30,31). The van der Waals surface area contributed by atoms with E-state index in [1.807, 2.05) is 43.3 Å². The summed E-state index contributed by atoms with van der Waals surface area (Å²) in [6, 6.07) is 13.4. The molecule has 0 unspecified atom stereocenters. The molecule has 8 heteroatoms. The van der Waals surface area contributed by atoms with Gasteiger partial charge in [-0.2, -0.15) is 0 Å². The highest BCUT2D eigenvalue weighted by atomic mass is 35.5. The molecular weight excluding hydrogens is 487 g/mol. The number of nitrogens with one attached hydrogen (secondary N) is 1. The number of aryl methyl sites for hydroxylation is 1. The third-order valence-corrected chi connectivity index (χ3v) is 6.61. The van der Waals surface area contributed by atoms with Crippen molar-refractivity contribution in [3.8, 4) is 11.3 Å². The van der Waals surface area contributed by atoms with E-state index in [0.717, 1.165) is 45.7 Å². The third-order valence-electron chi connectivity index (χ3n) is 5.73. The number of hydrogen-bond donors (Lipinski definition) is 2. The minimum atomic E-state index is -0.221. The largest absolute Gasteiger partial charge is 0.368 e. The molecule has 0 saturated carbocycles. The molecule has 0 aliphatic heterocycles. The molecule has 0 spiro atoms. The number of thiol groups is 1. The maximum Gasteiger partial charge on any atom is 0.216 e. The van der Waals surface area contributed by atoms with Crippen molar-refractivity contribution >= 4 is 57.7 Å². The lowest BCUT2D eigenvalue weighted by Crippen LogP contribution is -2.12. The fraction of sp³-hybridized carbons (Fsp3) is 0.269. The summed E-state index contributed by atoms with van der Waals surface area (Å²) in [5, 5.41) is 5.48. The summed E-state index contributed by atoms with van der Waals surface area (Å²) in [6.07, 6.45) is 2.34. The number of carbonyl (C=O) groups is 1. The predicted molar refractivity (Wildman–Crippen MR) is 145 cm³/mol. The minimum Gasteiger partial charge on any atom is -0.368 e. The summed E-state index contributed by atoms with van der Waals surface area (Å²) >= 11 is 16.8. The first kappa shape index (κ1) is 24.6. The molecule has 5 nitrogen and oxygen atoms in total. The molecule has 0 bridgehead atoms. The minimum absolute atomic E-state index is 0.221. The first-order chi connectivity index (χ1) is 16.2. The van der Waals surface area contributed by atoms with E-state index in [1.54, 1.807) is 6.33 Å². The van der Waals surface area contributed by atoms with Gasteiger partial charge in [0, 0.05) is 41.4 Å². The zero-order valence-electron chi connectivity index (χ0n) is 19.3. The third kappa shape index (κ3) is 5.24. The highest BCUT2D eigenvalue weighted by Gasteiger charge is 2.14. The van der Waals surface area contributed by atoms with Crippen LogP contribution in [0, 0.1) is 12.8 Å². The van der Waals surface area contributed by atoms with Crippen molar-refractivity contribution in [2.75, 3.05) is 11.9 Å². The van der Waals surface area contributed by atoms with E-state index in [9.17, 15) is 4.79 Å². The molecular formula is C26H26Cl2N4OS. The Morgan fingerprint density at radius 2 is 1.85 bits per heavy atom. The molecule has 34 heavy (non-hydrogen) atoms. The van der Waals surface area contributed by atoms with Crippen LogP contribution in [0.2, 0.25) is 10.0 Å². The number of rotatable bonds is 8. The van der Waals surface area contributed by atoms with E-state index >= 15 is 0 Å². The van der Waals surface area contributed by atoms with Gasteiger partial charge in [-0.05, 0) is 55.2 Å². The van der Waals surface area contributed by atoms with Gasteiger partial charge in [0.2, 0.25) is 5.12 Å². The lowest BCUT2D eigenvalue weighted by Gasteiger charge is -2.13. The Morgan fingerprint density at radius 3 is 2.59 bits per heavy atom. The van der Waals surface area contributed by atoms with Crippen molar-refractivity contribution in [2.24, 2.45) is 5.92 Å². The molecule has 0 aliphatic carbocycles. The van der Waals surface area contributed by atoms with Gasteiger partial charge in [-0.15, -0.1) is 12.6 Å². The van der Waals surface area contributed by atoms with Crippen LogP contribution in [0.15, 0.2) is 48.8 Å². The van der Waals surface area contributed by atoms with Crippen LogP contribution in [-0.2, 0) is 13.0 Å². The van der Waals surface area contributed by atoms with Crippen LogP contribution in [0.1, 0.15) is 35.5 Å². The fourth-order valence-corrected chi connectivity index (χ4v) is 4.89. The molecule has 0 aliphatic rings. The lowest BCUT2D eigenvalue weighted by molar-refractivity contribution is 0.109. The molecule has 0 atom stereocenters. The van der Waals surface area contributed by atoms with E-state index in [0.29, 0.717) is 34.6 Å². The number of aromatic nitrogens is 3. The van der Waals surface area contributed by atoms with Crippen LogP contribution in [-0.4, -0.2) is 26.2 Å². The van der Waals surface area contributed by atoms with Crippen LogP contribution in [0.25, 0.3) is 22.2 Å². The molecule has 2 aromatic heterocycles. The number of hydrogen-bond acceptors (Lipinski definition) is 4. The highest BCUT2D eigenvalue weighted by molar-refractivity contribution is 7.97. The Morgan fingerprint density at radius 1 is 1.09 bits per heavy atom. The van der Waals surface area contributed by atoms with Gasteiger partial charge in [0.15, 0.2) is 0 Å². The lowest BCUT2D eigenvalue weighted by atomic mass is 9.95. The van der Waals surface area contributed by atoms with Crippen molar-refractivity contribution in [1.82, 2.24) is 14.5 Å². The molecule has 176 valence electrons. The van der Waals surface area contributed by atoms with Crippen LogP contribution in [0.3, 0.4) is 0 Å². The van der Waals surface area contributed by atoms with Gasteiger partial charge in [-0.3, -0.25) is 4.79 Å². The average Bonchev–Trinajstić information content (AvgIpc) is 3.13. The zero-order chi connectivity index (χ0) is 24.4. The Bertz CT molecular complexity index is 1370. The maximum atomic E-state index is 11.9. The zero-order valence-corrected chi connectivity index (χ0v) is 21.7. The SMILES string of the molecule is Cc1cc2c(Cl)ccc(Cl)c2n1CCNc1cc(-c2ccc(C(=O)S)c(CC(C)C)c2)ncn1. The summed E-state index contributed by atoms with van der Waals surface area (Å²) in [4.78, 5) is 20.7. The van der Waals surface area contributed by atoms with Gasteiger partial charge in [0.25, 0.3) is 0 Å². The molecule has 0 saturated heterocycles. The van der Waals surface area contributed by atoms with Gasteiger partial charge < -0.3 is 9.88 Å². The second kappa shape index (κ2) is 10.4. The quantitative estimate of drug-likeness (QED) is 0.247. The topological polar surface area (TPSA) is 59.8 Å². The molecule has 4 aromatic rings. The predicted octanol–water partition coefficient (Wildman–Crippen LogP) is 7.09. The fourth-order valence-electron chi connectivity index (χ4n) is 4.20. The second-order valence-electron chi connectivity index (χ2n) is 8.72. The summed E-state index contributed by atoms with van der Waals surface area (Å²) in [5.41, 5.74) is 5.37. The van der Waals surface area contributed by atoms with E-state index in [1.165, 1.54) is 0 Å². The first-order valence-electron chi connectivity index (χ1n) is 11.1. The first-order valence-corrected chi connectivity index (χ1v) is 12.3. The molecule has 0 amide bonds. The van der Waals surface area contributed by atoms with Crippen LogP contribution in [0.4, 0.5) is 5.82 Å². The summed E-state index contributed by atoms with van der Waals surface area (Å²) in [7, 11) is 0. The summed E-state index contributed by atoms with van der Waals surface area (Å²) in [5.74, 6) is 1.14. The van der Waals surface area contributed by atoms with E-state index < -0.39 is 0 Å². The van der Waals surface area contributed by atoms with Crippen molar-refractivity contribution in [2.45, 2.75) is 33.7 Å². The Hall–Kier alpha value is -2.54. The maximum absolute atomic E-state index is 11.9. The Labute approximate surface area is 214 Å². The van der Waals surface area contributed by atoms with Crippen LogP contribution >= 0.6 is 35.8 Å². The van der Waals surface area contributed by atoms with Crippen molar-refractivity contribution in [1.29, 1.82) is 0 Å². The molecule has 2 aromatic carbocycles. The van der Waals surface area contributed by atoms with E-state index in [4.69, 9.17) is 23.2 Å². The van der Waals surface area contributed by atoms with Gasteiger partial charge in [0.1, 0.15) is 12.1 Å². The number of benzene rings is 2. The van der Waals surface area contributed by atoms with Gasteiger partial charge in [-0.25, -0.2) is 9.97 Å². The molecule has 4 rings (SSSR count). The van der Waals surface area contributed by atoms with Gasteiger partial charge >= 0.3 is 0 Å². The van der Waals surface area contributed by atoms with E-state index in [-0.39, 0.29) is 5.12 Å². The molecule has 0 radical (unpaired) electrons. The van der Waals surface area contributed by atoms with E-state index in [2.05, 4.69) is 52.4 Å². The van der Waals surface area contributed by atoms with Crippen molar-refractivity contribution < 1.29 is 4.79 Å². The highest BCUT2D eigenvalue weighted by Crippen LogP contribution is 2.32. The van der Waals surface area contributed by atoms with Gasteiger partial charge in [-0.1, -0.05) is 43.1 Å². The monoisotopic (exact) mass is 512 g/mol. The number of carbonyl (C=O) groups excluding carboxylic acids is 1. The normalized spacial score (nSPS) is 11.4. The number of halogens is 2. The smallest absolute Gasteiger partial charge is 0.216 e. The number of nitrogens with zero attached hydrogens (tertiary/aromatic N) is 3. The number of anilines is 1. The van der Waals surface area contributed by atoms with Crippen molar-refractivity contribution in [3.63, 3.8) is 0 Å². The van der Waals surface area contributed by atoms with Crippen LogP contribution in [0.5, 0.6) is 0 Å². The van der Waals surface area contributed by atoms with Crippen LogP contribution < -0.4 is 5.32 Å². The molecule has 0 fully saturated rings. The Kier molecular flexibility index (Phi) is 7.51. The average molecular weight is 513 g/mol. The molecule has 2 heterocycles. The van der Waals surface area contributed by atoms with Gasteiger partial charge in [0.05, 0.1) is 21.3 Å². The summed E-state index contributed by atoms with van der Waals surface area (Å²) < 4.78 is 2.16.